The number of hydrogen-bond acceptors (Lipinski definition) is 4. The molecular formula is C13H12N2O2S2. The van der Waals surface area contributed by atoms with Crippen molar-refractivity contribution in [2.75, 3.05) is 6.26 Å². The molecule has 2 aromatic rings. The lowest BCUT2D eigenvalue weighted by Gasteiger charge is -2.05. The van der Waals surface area contributed by atoms with E-state index in [0.717, 1.165) is 5.56 Å². The molecule has 4 nitrogen and oxygen atoms in total. The Labute approximate surface area is 116 Å². The number of aryl methyl sites for hydroxylation is 1. The van der Waals surface area contributed by atoms with Gasteiger partial charge in [-0.2, -0.15) is 5.26 Å². The smallest absolute Gasteiger partial charge is 0.222 e. The number of aromatic amines is 1. The van der Waals surface area contributed by atoms with Crippen molar-refractivity contribution in [2.24, 2.45) is 0 Å². The molecule has 2 rings (SSSR count). The quantitative estimate of drug-likeness (QED) is 0.883. The van der Waals surface area contributed by atoms with Gasteiger partial charge in [0.1, 0.15) is 6.07 Å². The van der Waals surface area contributed by atoms with Crippen LogP contribution in [0.2, 0.25) is 0 Å². The van der Waals surface area contributed by atoms with Gasteiger partial charge in [0.25, 0.3) is 0 Å². The van der Waals surface area contributed by atoms with Crippen LogP contribution in [0.4, 0.5) is 0 Å². The van der Waals surface area contributed by atoms with Gasteiger partial charge in [-0.1, -0.05) is 17.7 Å². The van der Waals surface area contributed by atoms with Crippen molar-refractivity contribution in [3.8, 4) is 6.07 Å². The van der Waals surface area contributed by atoms with Crippen LogP contribution in [0.15, 0.2) is 45.3 Å². The highest BCUT2D eigenvalue weighted by Crippen LogP contribution is 2.31. The lowest BCUT2D eigenvalue weighted by Crippen LogP contribution is -2.03. The molecule has 0 amide bonds. The fourth-order valence-electron chi connectivity index (χ4n) is 1.71. The molecule has 0 unspecified atom stereocenters. The summed E-state index contributed by atoms with van der Waals surface area (Å²) in [6, 6.07) is 8.62. The van der Waals surface area contributed by atoms with Crippen LogP contribution < -0.4 is 0 Å². The Morgan fingerprint density at radius 2 is 1.89 bits per heavy atom. The first-order chi connectivity index (χ1) is 9.00. The number of benzene rings is 1. The minimum Gasteiger partial charge on any atom is -0.350 e. The van der Waals surface area contributed by atoms with Crippen molar-refractivity contribution in [1.82, 2.24) is 4.98 Å². The molecule has 1 N–H and O–H groups in total. The van der Waals surface area contributed by atoms with E-state index in [0.29, 0.717) is 10.5 Å². The van der Waals surface area contributed by atoms with Crippen LogP contribution in [0.25, 0.3) is 0 Å². The van der Waals surface area contributed by atoms with Crippen LogP contribution in [-0.4, -0.2) is 19.7 Å². The predicted molar refractivity (Wildman–Crippen MR) is 73.9 cm³/mol. The second-order valence-electron chi connectivity index (χ2n) is 3.99. The molecule has 1 heterocycles. The van der Waals surface area contributed by atoms with Gasteiger partial charge in [0.2, 0.25) is 9.84 Å². The Morgan fingerprint density at radius 1 is 1.26 bits per heavy atom. The molecule has 19 heavy (non-hydrogen) atoms. The first kappa shape index (κ1) is 13.7. The maximum atomic E-state index is 12.5. The lowest BCUT2D eigenvalue weighted by molar-refractivity contribution is 0.591. The maximum absolute atomic E-state index is 12.5. The average Bonchev–Trinajstić information content (AvgIpc) is 2.82. The SMILES string of the molecule is CSc1c(C#N)c[nH]c1S(=O)(=O)c1ccc(C)cc1. The van der Waals surface area contributed by atoms with Crippen molar-refractivity contribution in [2.45, 2.75) is 21.7 Å². The number of nitriles is 1. The van der Waals surface area contributed by atoms with E-state index in [1.807, 2.05) is 13.0 Å². The third-order valence-corrected chi connectivity index (χ3v) is 5.44. The van der Waals surface area contributed by atoms with E-state index in [1.165, 1.54) is 18.0 Å². The largest absolute Gasteiger partial charge is 0.350 e. The molecule has 0 spiro atoms. The summed E-state index contributed by atoms with van der Waals surface area (Å²) in [7, 11) is -3.62. The maximum Gasteiger partial charge on any atom is 0.222 e. The van der Waals surface area contributed by atoms with E-state index in [1.54, 1.807) is 30.5 Å². The van der Waals surface area contributed by atoms with Gasteiger partial charge in [-0.15, -0.1) is 11.8 Å². The summed E-state index contributed by atoms with van der Waals surface area (Å²) in [5.41, 5.74) is 1.34. The van der Waals surface area contributed by atoms with Crippen LogP contribution in [0, 0.1) is 18.3 Å². The summed E-state index contributed by atoms with van der Waals surface area (Å²) >= 11 is 1.25. The van der Waals surface area contributed by atoms with E-state index in [2.05, 4.69) is 4.98 Å². The molecule has 1 aromatic carbocycles. The Morgan fingerprint density at radius 3 is 2.42 bits per heavy atom. The monoisotopic (exact) mass is 292 g/mol. The van der Waals surface area contributed by atoms with Crippen molar-refractivity contribution in [1.29, 1.82) is 5.26 Å². The van der Waals surface area contributed by atoms with E-state index in [9.17, 15) is 8.42 Å². The van der Waals surface area contributed by atoms with Gasteiger partial charge < -0.3 is 4.98 Å². The zero-order chi connectivity index (χ0) is 14.0. The van der Waals surface area contributed by atoms with Gasteiger partial charge in [0.05, 0.1) is 15.4 Å². The molecule has 0 aliphatic carbocycles. The zero-order valence-corrected chi connectivity index (χ0v) is 12.1. The third kappa shape index (κ3) is 2.39. The number of aromatic nitrogens is 1. The number of rotatable bonds is 3. The van der Waals surface area contributed by atoms with Gasteiger partial charge in [-0.05, 0) is 25.3 Å². The summed E-state index contributed by atoms with van der Waals surface area (Å²) in [5, 5.41) is 9.04. The number of nitrogens with one attached hydrogen (secondary N) is 1. The zero-order valence-electron chi connectivity index (χ0n) is 10.5. The Balaban J connectivity index is 2.61. The number of hydrogen-bond donors (Lipinski definition) is 1. The Kier molecular flexibility index (Phi) is 3.69. The summed E-state index contributed by atoms with van der Waals surface area (Å²) in [6.45, 7) is 1.89. The number of H-pyrrole nitrogens is 1. The van der Waals surface area contributed by atoms with Crippen molar-refractivity contribution >= 4 is 21.6 Å². The molecule has 1 aromatic heterocycles. The third-order valence-electron chi connectivity index (χ3n) is 2.72. The normalized spacial score (nSPS) is 11.2. The standard InChI is InChI=1S/C13H12N2O2S2/c1-9-3-5-11(6-4-9)19(16,17)13-12(18-2)10(7-14)8-15-13/h3-6,8,15H,1-2H3. The van der Waals surface area contributed by atoms with Crippen LogP contribution in [-0.2, 0) is 9.84 Å². The summed E-state index contributed by atoms with van der Waals surface area (Å²) in [4.78, 5) is 3.38. The van der Waals surface area contributed by atoms with Crippen LogP contribution >= 0.6 is 11.8 Å². The second kappa shape index (κ2) is 5.11. The molecular weight excluding hydrogens is 280 g/mol. The predicted octanol–water partition coefficient (Wildman–Crippen LogP) is 2.75. The highest BCUT2D eigenvalue weighted by atomic mass is 32.2. The summed E-state index contributed by atoms with van der Waals surface area (Å²) in [6.07, 6.45) is 3.17. The van der Waals surface area contributed by atoms with E-state index in [4.69, 9.17) is 5.26 Å². The fraction of sp³-hybridized carbons (Fsp3) is 0.154. The molecule has 0 bridgehead atoms. The minimum absolute atomic E-state index is 0.0837. The van der Waals surface area contributed by atoms with Gasteiger partial charge in [0.15, 0.2) is 5.03 Å². The van der Waals surface area contributed by atoms with Crippen molar-refractivity contribution in [3.63, 3.8) is 0 Å². The Hall–Kier alpha value is -1.71. The summed E-state index contributed by atoms with van der Waals surface area (Å²) in [5.74, 6) is 0. The van der Waals surface area contributed by atoms with Crippen molar-refractivity contribution < 1.29 is 8.42 Å². The van der Waals surface area contributed by atoms with Crippen LogP contribution in [0.1, 0.15) is 11.1 Å². The van der Waals surface area contributed by atoms with Gasteiger partial charge in [-0.3, -0.25) is 0 Å². The lowest BCUT2D eigenvalue weighted by atomic mass is 10.2. The highest BCUT2D eigenvalue weighted by Gasteiger charge is 2.24. The molecule has 0 saturated heterocycles. The molecule has 0 atom stereocenters. The second-order valence-corrected chi connectivity index (χ2v) is 6.70. The number of nitrogens with zero attached hydrogens (tertiary/aromatic N) is 1. The van der Waals surface area contributed by atoms with Crippen LogP contribution in [0.5, 0.6) is 0 Å². The number of sulfone groups is 1. The summed E-state index contributed by atoms with van der Waals surface area (Å²) < 4.78 is 25.0. The topological polar surface area (TPSA) is 73.7 Å². The molecule has 0 fully saturated rings. The van der Waals surface area contributed by atoms with Crippen LogP contribution in [0.3, 0.4) is 0 Å². The van der Waals surface area contributed by atoms with E-state index >= 15 is 0 Å². The average molecular weight is 292 g/mol. The first-order valence-corrected chi connectivity index (χ1v) is 8.18. The molecule has 0 aliphatic rings. The van der Waals surface area contributed by atoms with Gasteiger partial charge >= 0.3 is 0 Å². The molecule has 6 heteroatoms. The van der Waals surface area contributed by atoms with Gasteiger partial charge in [0, 0.05) is 6.20 Å². The molecule has 0 aliphatic heterocycles. The molecule has 0 radical (unpaired) electrons. The van der Waals surface area contributed by atoms with E-state index in [-0.39, 0.29) is 9.92 Å². The number of thioether (sulfide) groups is 1. The van der Waals surface area contributed by atoms with Gasteiger partial charge in [-0.25, -0.2) is 8.42 Å². The fourth-order valence-corrected chi connectivity index (χ4v) is 4.16. The molecule has 98 valence electrons. The minimum atomic E-state index is -3.62. The molecule has 0 saturated carbocycles. The first-order valence-electron chi connectivity index (χ1n) is 5.48. The van der Waals surface area contributed by atoms with Crippen molar-refractivity contribution in [3.05, 3.63) is 41.6 Å². The van der Waals surface area contributed by atoms with E-state index < -0.39 is 9.84 Å². The Bertz CT molecular complexity index is 738. The highest BCUT2D eigenvalue weighted by molar-refractivity contribution is 7.99.